The van der Waals surface area contributed by atoms with E-state index in [9.17, 15) is 4.79 Å². The van der Waals surface area contributed by atoms with Gasteiger partial charge in [0.25, 0.3) is 0 Å². The third-order valence-corrected chi connectivity index (χ3v) is 6.61. The Bertz CT molecular complexity index is 833. The first-order chi connectivity index (χ1) is 15.3. The number of rotatable bonds is 7. The van der Waals surface area contributed by atoms with Gasteiger partial charge in [0.15, 0.2) is 0 Å². The van der Waals surface area contributed by atoms with Gasteiger partial charge in [-0.05, 0) is 68.0 Å². The zero-order valence-corrected chi connectivity index (χ0v) is 18.4. The standard InChI is InChI=1S/C26H34N4O/c31-26(14-13-24-10-4-5-16-28-24)30(19-22-8-6-15-27-18-22)21-23-9-7-17-29(20-23)25-11-2-1-3-12-25/h4-6,8,10,13-16,18,23,25H,1-3,7,9,11-12,17,19-21H2/b14-13+/t23-/m0/s1. The Morgan fingerprint density at radius 1 is 1.06 bits per heavy atom. The van der Waals surface area contributed by atoms with Crippen LogP contribution in [0.4, 0.5) is 0 Å². The summed E-state index contributed by atoms with van der Waals surface area (Å²) in [7, 11) is 0. The molecule has 3 heterocycles. The van der Waals surface area contributed by atoms with E-state index in [1.165, 1.54) is 51.5 Å². The average molecular weight is 419 g/mol. The number of likely N-dealkylation sites (tertiary alicyclic amines) is 1. The minimum Gasteiger partial charge on any atom is -0.334 e. The third-order valence-electron chi connectivity index (χ3n) is 6.61. The Morgan fingerprint density at radius 2 is 1.97 bits per heavy atom. The molecule has 1 aliphatic heterocycles. The monoisotopic (exact) mass is 418 g/mol. The molecule has 1 aliphatic carbocycles. The summed E-state index contributed by atoms with van der Waals surface area (Å²) in [5.41, 5.74) is 1.88. The van der Waals surface area contributed by atoms with Gasteiger partial charge in [-0.3, -0.25) is 14.8 Å². The van der Waals surface area contributed by atoms with Crippen LogP contribution in [0.5, 0.6) is 0 Å². The second kappa shape index (κ2) is 11.2. The summed E-state index contributed by atoms with van der Waals surface area (Å²) in [4.78, 5) is 26.4. The number of pyridine rings is 2. The van der Waals surface area contributed by atoms with Crippen molar-refractivity contribution in [3.05, 3.63) is 66.3 Å². The van der Waals surface area contributed by atoms with E-state index in [4.69, 9.17) is 0 Å². The Balaban J connectivity index is 1.43. The van der Waals surface area contributed by atoms with Gasteiger partial charge < -0.3 is 9.80 Å². The molecule has 1 amide bonds. The maximum atomic E-state index is 13.2. The fraction of sp³-hybridized carbons (Fsp3) is 0.500. The molecule has 0 N–H and O–H groups in total. The van der Waals surface area contributed by atoms with Gasteiger partial charge in [-0.2, -0.15) is 0 Å². The van der Waals surface area contributed by atoms with Crippen LogP contribution in [0.1, 0.15) is 56.2 Å². The first-order valence-electron chi connectivity index (χ1n) is 11.8. The van der Waals surface area contributed by atoms with Crippen LogP contribution in [-0.2, 0) is 11.3 Å². The fourth-order valence-corrected chi connectivity index (χ4v) is 5.02. The van der Waals surface area contributed by atoms with E-state index in [1.54, 1.807) is 18.5 Å². The van der Waals surface area contributed by atoms with Crippen LogP contribution < -0.4 is 0 Å². The Hall–Kier alpha value is -2.53. The lowest BCUT2D eigenvalue weighted by molar-refractivity contribution is -0.127. The zero-order valence-electron chi connectivity index (χ0n) is 18.4. The van der Waals surface area contributed by atoms with Crippen molar-refractivity contribution in [3.8, 4) is 0 Å². The number of aromatic nitrogens is 2. The largest absolute Gasteiger partial charge is 0.334 e. The molecule has 1 saturated heterocycles. The van der Waals surface area contributed by atoms with Crippen LogP contribution in [0.3, 0.4) is 0 Å². The van der Waals surface area contributed by atoms with Crippen molar-refractivity contribution < 1.29 is 4.79 Å². The smallest absolute Gasteiger partial charge is 0.246 e. The molecule has 1 saturated carbocycles. The van der Waals surface area contributed by atoms with Crippen LogP contribution >= 0.6 is 0 Å². The molecule has 2 fully saturated rings. The van der Waals surface area contributed by atoms with E-state index in [0.717, 1.165) is 30.4 Å². The lowest BCUT2D eigenvalue weighted by atomic mass is 9.90. The third kappa shape index (κ3) is 6.47. The van der Waals surface area contributed by atoms with Gasteiger partial charge in [-0.1, -0.05) is 31.4 Å². The predicted molar refractivity (Wildman–Crippen MR) is 124 cm³/mol. The van der Waals surface area contributed by atoms with Crippen molar-refractivity contribution in [2.75, 3.05) is 19.6 Å². The summed E-state index contributed by atoms with van der Waals surface area (Å²) in [5.74, 6) is 0.573. The lowest BCUT2D eigenvalue weighted by Crippen LogP contribution is -2.46. The molecule has 0 unspecified atom stereocenters. The minimum atomic E-state index is 0.0456. The van der Waals surface area contributed by atoms with Crippen LogP contribution in [0, 0.1) is 5.92 Å². The quantitative estimate of drug-likeness (QED) is 0.619. The van der Waals surface area contributed by atoms with Crippen molar-refractivity contribution in [1.29, 1.82) is 0 Å². The Labute approximate surface area is 186 Å². The molecule has 0 spiro atoms. The lowest BCUT2D eigenvalue weighted by Gasteiger charge is -2.41. The van der Waals surface area contributed by atoms with Crippen molar-refractivity contribution in [2.45, 2.75) is 57.5 Å². The molecule has 2 aliphatic rings. The number of carbonyl (C=O) groups excluding carboxylic acids is 1. The molecule has 5 nitrogen and oxygen atoms in total. The normalized spacial score (nSPS) is 20.7. The van der Waals surface area contributed by atoms with E-state index in [1.807, 2.05) is 47.5 Å². The highest BCUT2D eigenvalue weighted by atomic mass is 16.2. The van der Waals surface area contributed by atoms with Crippen LogP contribution in [0.25, 0.3) is 6.08 Å². The van der Waals surface area contributed by atoms with E-state index < -0.39 is 0 Å². The molecule has 0 bridgehead atoms. The Kier molecular flexibility index (Phi) is 7.83. The molecule has 0 aromatic carbocycles. The van der Waals surface area contributed by atoms with Gasteiger partial charge in [-0.15, -0.1) is 0 Å². The van der Waals surface area contributed by atoms with E-state index in [2.05, 4.69) is 14.9 Å². The predicted octanol–water partition coefficient (Wildman–Crippen LogP) is 4.56. The second-order valence-electron chi connectivity index (χ2n) is 8.96. The van der Waals surface area contributed by atoms with Crippen LogP contribution in [0.15, 0.2) is 55.0 Å². The van der Waals surface area contributed by atoms with Crippen LogP contribution in [-0.4, -0.2) is 51.4 Å². The van der Waals surface area contributed by atoms with Gasteiger partial charge in [0.2, 0.25) is 5.91 Å². The highest BCUT2D eigenvalue weighted by molar-refractivity contribution is 5.91. The summed E-state index contributed by atoms with van der Waals surface area (Å²) >= 11 is 0. The van der Waals surface area contributed by atoms with Gasteiger partial charge in [0.05, 0.1) is 5.69 Å². The van der Waals surface area contributed by atoms with Crippen molar-refractivity contribution in [3.63, 3.8) is 0 Å². The summed E-state index contributed by atoms with van der Waals surface area (Å²) in [6, 6.07) is 10.5. The first kappa shape index (κ1) is 21.7. The minimum absolute atomic E-state index is 0.0456. The average Bonchev–Trinajstić information content (AvgIpc) is 2.84. The van der Waals surface area contributed by atoms with Gasteiger partial charge in [0.1, 0.15) is 0 Å². The molecule has 2 aromatic heterocycles. The van der Waals surface area contributed by atoms with Crippen molar-refractivity contribution >= 4 is 12.0 Å². The maximum Gasteiger partial charge on any atom is 0.246 e. The molecular weight excluding hydrogens is 384 g/mol. The summed E-state index contributed by atoms with van der Waals surface area (Å²) < 4.78 is 0. The SMILES string of the molecule is O=C(/C=C/c1ccccn1)N(Cc1cccnc1)C[C@H]1CCCN(C2CCCCC2)C1. The first-order valence-corrected chi connectivity index (χ1v) is 11.8. The van der Waals surface area contributed by atoms with E-state index in [-0.39, 0.29) is 5.91 Å². The summed E-state index contributed by atoms with van der Waals surface area (Å²) in [5, 5.41) is 0. The molecule has 5 heteroatoms. The maximum absolute atomic E-state index is 13.2. The fourth-order valence-electron chi connectivity index (χ4n) is 5.02. The topological polar surface area (TPSA) is 49.3 Å². The molecule has 2 aromatic rings. The Morgan fingerprint density at radius 3 is 2.74 bits per heavy atom. The van der Waals surface area contributed by atoms with Crippen LogP contribution in [0.2, 0.25) is 0 Å². The second-order valence-corrected chi connectivity index (χ2v) is 8.96. The summed E-state index contributed by atoms with van der Waals surface area (Å²) in [6.45, 7) is 3.73. The molecule has 31 heavy (non-hydrogen) atoms. The number of nitrogens with zero attached hydrogens (tertiary/aromatic N) is 4. The molecular formula is C26H34N4O. The number of carbonyl (C=O) groups is 1. The molecule has 164 valence electrons. The number of hydrogen-bond acceptors (Lipinski definition) is 4. The zero-order chi connectivity index (χ0) is 21.3. The number of hydrogen-bond donors (Lipinski definition) is 0. The van der Waals surface area contributed by atoms with Crippen molar-refractivity contribution in [1.82, 2.24) is 19.8 Å². The van der Waals surface area contributed by atoms with Crippen molar-refractivity contribution in [2.24, 2.45) is 5.92 Å². The van der Waals surface area contributed by atoms with Gasteiger partial charge in [-0.25, -0.2) is 0 Å². The molecule has 1 atom stereocenters. The van der Waals surface area contributed by atoms with Gasteiger partial charge in [0, 0.05) is 50.3 Å². The highest BCUT2D eigenvalue weighted by Crippen LogP contribution is 2.27. The van der Waals surface area contributed by atoms with Gasteiger partial charge >= 0.3 is 0 Å². The molecule has 4 rings (SSSR count). The molecule has 0 radical (unpaired) electrons. The highest BCUT2D eigenvalue weighted by Gasteiger charge is 2.28. The number of piperidine rings is 1. The summed E-state index contributed by atoms with van der Waals surface area (Å²) in [6.07, 6.45) is 18.1. The number of amides is 1. The van der Waals surface area contributed by atoms with E-state index in [0.29, 0.717) is 12.5 Å². The van der Waals surface area contributed by atoms with E-state index >= 15 is 0 Å².